The predicted molar refractivity (Wildman–Crippen MR) is 120 cm³/mol. The Labute approximate surface area is 188 Å². The fourth-order valence-corrected chi connectivity index (χ4v) is 4.30. The largest absolute Gasteiger partial charge is 0.462 e. The topological polar surface area (TPSA) is 104 Å². The molecule has 8 nitrogen and oxygen atoms in total. The van der Waals surface area contributed by atoms with Crippen molar-refractivity contribution in [2.45, 2.75) is 47.1 Å². The second-order valence-corrected chi connectivity index (χ2v) is 8.34. The summed E-state index contributed by atoms with van der Waals surface area (Å²) in [7, 11) is 0. The number of aryl methyl sites for hydroxylation is 1. The minimum absolute atomic E-state index is 0.0218. The number of carbonyl (C=O) groups excluding carboxylic acids is 3. The van der Waals surface area contributed by atoms with Crippen LogP contribution in [0.3, 0.4) is 0 Å². The Morgan fingerprint density at radius 1 is 1.28 bits per heavy atom. The Bertz CT molecular complexity index is 962. The maximum absolute atomic E-state index is 13.1. The van der Waals surface area contributed by atoms with E-state index in [2.05, 4.69) is 15.3 Å². The normalized spacial score (nSPS) is 15.3. The van der Waals surface area contributed by atoms with Crippen LogP contribution in [0.4, 0.5) is 0 Å². The number of hydrogen-bond acceptors (Lipinski definition) is 5. The number of H-pyrrole nitrogens is 1. The van der Waals surface area contributed by atoms with Gasteiger partial charge >= 0.3 is 5.97 Å². The van der Waals surface area contributed by atoms with E-state index in [1.54, 1.807) is 38.1 Å². The van der Waals surface area contributed by atoms with Crippen molar-refractivity contribution in [3.05, 3.63) is 52.6 Å². The summed E-state index contributed by atoms with van der Waals surface area (Å²) < 4.78 is 5.11. The molecule has 2 aromatic heterocycles. The van der Waals surface area contributed by atoms with E-state index >= 15 is 0 Å². The summed E-state index contributed by atoms with van der Waals surface area (Å²) in [6.07, 6.45) is 4.97. The molecule has 2 amide bonds. The molecule has 0 radical (unpaired) electrons. The molecule has 0 spiro atoms. The van der Waals surface area contributed by atoms with Crippen molar-refractivity contribution in [2.75, 3.05) is 19.7 Å². The van der Waals surface area contributed by atoms with Gasteiger partial charge in [0.2, 0.25) is 5.91 Å². The number of aromatic nitrogens is 2. The average Bonchev–Trinajstić information content (AvgIpc) is 3.11. The van der Waals surface area contributed by atoms with Gasteiger partial charge in [0.1, 0.15) is 5.69 Å². The van der Waals surface area contributed by atoms with Gasteiger partial charge in [0, 0.05) is 43.6 Å². The van der Waals surface area contributed by atoms with Crippen LogP contribution in [0, 0.1) is 25.7 Å². The molecule has 3 heterocycles. The van der Waals surface area contributed by atoms with E-state index < -0.39 is 5.97 Å². The lowest BCUT2D eigenvalue weighted by atomic mass is 9.84. The number of pyridine rings is 1. The van der Waals surface area contributed by atoms with Crippen LogP contribution in [-0.2, 0) is 16.1 Å². The van der Waals surface area contributed by atoms with Crippen molar-refractivity contribution in [3.8, 4) is 0 Å². The molecule has 0 aliphatic carbocycles. The fraction of sp³-hybridized carbons (Fsp3) is 0.500. The number of esters is 1. The molecule has 1 saturated heterocycles. The zero-order chi connectivity index (χ0) is 23.3. The second-order valence-electron chi connectivity index (χ2n) is 8.34. The molecule has 1 fully saturated rings. The molecule has 1 atom stereocenters. The van der Waals surface area contributed by atoms with Gasteiger partial charge in [0.05, 0.1) is 12.2 Å². The number of carbonyl (C=O) groups is 3. The molecular formula is C24H32N4O4. The van der Waals surface area contributed by atoms with Crippen LogP contribution < -0.4 is 5.32 Å². The number of nitrogens with zero attached hydrogens (tertiary/aromatic N) is 2. The third-order valence-corrected chi connectivity index (χ3v) is 6.27. The molecule has 172 valence electrons. The first-order valence-corrected chi connectivity index (χ1v) is 11.2. The van der Waals surface area contributed by atoms with Gasteiger partial charge in [-0.3, -0.25) is 14.6 Å². The highest BCUT2D eigenvalue weighted by atomic mass is 16.5. The monoisotopic (exact) mass is 440 g/mol. The summed E-state index contributed by atoms with van der Waals surface area (Å²) in [6.45, 7) is 9.15. The van der Waals surface area contributed by atoms with E-state index in [9.17, 15) is 14.4 Å². The van der Waals surface area contributed by atoms with Crippen LogP contribution in [0.15, 0.2) is 24.5 Å². The molecule has 8 heteroatoms. The third kappa shape index (κ3) is 5.18. The van der Waals surface area contributed by atoms with Crippen molar-refractivity contribution in [1.29, 1.82) is 0 Å². The van der Waals surface area contributed by atoms with E-state index in [4.69, 9.17) is 4.74 Å². The Morgan fingerprint density at radius 3 is 2.62 bits per heavy atom. The van der Waals surface area contributed by atoms with Crippen molar-refractivity contribution < 1.29 is 19.1 Å². The number of ether oxygens (including phenoxy) is 1. The number of piperidine rings is 1. The molecule has 0 aromatic carbocycles. The highest BCUT2D eigenvalue weighted by Gasteiger charge is 2.32. The van der Waals surface area contributed by atoms with Gasteiger partial charge in [0.25, 0.3) is 5.91 Å². The van der Waals surface area contributed by atoms with E-state index in [1.165, 1.54) is 0 Å². The first-order chi connectivity index (χ1) is 15.3. The summed E-state index contributed by atoms with van der Waals surface area (Å²) in [6, 6.07) is 3.78. The molecule has 2 aromatic rings. The standard InChI is InChI=1S/C24H32N4O4/c1-5-32-24(31)20-16(3)21(27-17(20)4)23(30)28-11-8-19(9-12-28)15(2)22(29)26-14-18-7-6-10-25-13-18/h6-7,10,13,15,19,27H,5,8-9,11-12,14H2,1-4H3,(H,26,29). The maximum atomic E-state index is 13.1. The average molecular weight is 441 g/mol. The van der Waals surface area contributed by atoms with Gasteiger partial charge in [-0.05, 0) is 56.7 Å². The number of aromatic amines is 1. The van der Waals surface area contributed by atoms with Gasteiger partial charge in [-0.2, -0.15) is 0 Å². The van der Waals surface area contributed by atoms with Gasteiger partial charge < -0.3 is 19.9 Å². The third-order valence-electron chi connectivity index (χ3n) is 6.27. The second kappa shape index (κ2) is 10.4. The highest BCUT2D eigenvalue weighted by molar-refractivity contribution is 6.00. The summed E-state index contributed by atoms with van der Waals surface area (Å²) in [5, 5.41) is 2.98. The lowest BCUT2D eigenvalue weighted by molar-refractivity contribution is -0.126. The smallest absolute Gasteiger partial charge is 0.340 e. The molecule has 0 saturated carbocycles. The molecule has 1 aliphatic rings. The van der Waals surface area contributed by atoms with E-state index in [1.807, 2.05) is 19.1 Å². The Kier molecular flexibility index (Phi) is 7.66. The maximum Gasteiger partial charge on any atom is 0.340 e. The zero-order valence-corrected chi connectivity index (χ0v) is 19.2. The van der Waals surface area contributed by atoms with Crippen LogP contribution in [0.25, 0.3) is 0 Å². The van der Waals surface area contributed by atoms with Gasteiger partial charge in [-0.25, -0.2) is 4.79 Å². The summed E-state index contributed by atoms with van der Waals surface area (Å²) in [5.74, 6) is -0.423. The molecule has 32 heavy (non-hydrogen) atoms. The van der Waals surface area contributed by atoms with Gasteiger partial charge in [0.15, 0.2) is 0 Å². The zero-order valence-electron chi connectivity index (χ0n) is 19.2. The summed E-state index contributed by atoms with van der Waals surface area (Å²) in [4.78, 5) is 46.8. The molecule has 0 bridgehead atoms. The molecule has 1 unspecified atom stereocenters. The molecule has 2 N–H and O–H groups in total. The molecule has 1 aliphatic heterocycles. The fourth-order valence-electron chi connectivity index (χ4n) is 4.30. The van der Waals surface area contributed by atoms with Crippen molar-refractivity contribution in [2.24, 2.45) is 11.8 Å². The summed E-state index contributed by atoms with van der Waals surface area (Å²) in [5.41, 5.74) is 3.09. The molecular weight excluding hydrogens is 408 g/mol. The van der Waals surface area contributed by atoms with Crippen LogP contribution in [-0.4, -0.2) is 52.3 Å². The van der Waals surface area contributed by atoms with Crippen molar-refractivity contribution in [1.82, 2.24) is 20.2 Å². The van der Waals surface area contributed by atoms with Crippen LogP contribution in [0.5, 0.6) is 0 Å². The number of nitrogens with one attached hydrogen (secondary N) is 2. The van der Waals surface area contributed by atoms with Gasteiger partial charge in [-0.1, -0.05) is 13.0 Å². The number of amides is 2. The predicted octanol–water partition coefficient (Wildman–Crippen LogP) is 3.01. The van der Waals surface area contributed by atoms with Crippen molar-refractivity contribution >= 4 is 17.8 Å². The summed E-state index contributed by atoms with van der Waals surface area (Å²) >= 11 is 0. The first-order valence-electron chi connectivity index (χ1n) is 11.2. The van der Waals surface area contributed by atoms with E-state index in [-0.39, 0.29) is 30.3 Å². The first kappa shape index (κ1) is 23.5. The quantitative estimate of drug-likeness (QED) is 0.644. The molecule has 3 rings (SSSR count). The van der Waals surface area contributed by atoms with E-state index in [0.29, 0.717) is 42.1 Å². The highest BCUT2D eigenvalue weighted by Crippen LogP contribution is 2.27. The van der Waals surface area contributed by atoms with E-state index in [0.717, 1.165) is 18.4 Å². The van der Waals surface area contributed by atoms with Crippen LogP contribution in [0.2, 0.25) is 0 Å². The Hall–Kier alpha value is -3.16. The Morgan fingerprint density at radius 2 is 2.00 bits per heavy atom. The van der Waals surface area contributed by atoms with Gasteiger partial charge in [-0.15, -0.1) is 0 Å². The lowest BCUT2D eigenvalue weighted by Gasteiger charge is -2.34. The Balaban J connectivity index is 1.56. The number of rotatable bonds is 7. The van der Waals surface area contributed by atoms with Crippen molar-refractivity contribution in [3.63, 3.8) is 0 Å². The lowest BCUT2D eigenvalue weighted by Crippen LogP contribution is -2.42. The minimum Gasteiger partial charge on any atom is -0.462 e. The van der Waals surface area contributed by atoms with Crippen LogP contribution in [0.1, 0.15) is 64.4 Å². The number of hydrogen-bond donors (Lipinski definition) is 2. The minimum atomic E-state index is -0.414. The SMILES string of the molecule is CCOC(=O)c1c(C)[nH]c(C(=O)N2CCC(C(C)C(=O)NCc3cccnc3)CC2)c1C. The number of likely N-dealkylation sites (tertiary alicyclic amines) is 1. The van der Waals surface area contributed by atoms with Crippen LogP contribution >= 0.6 is 0 Å².